The summed E-state index contributed by atoms with van der Waals surface area (Å²) < 4.78 is 5.65. The van der Waals surface area contributed by atoms with Crippen LogP contribution in [0.2, 0.25) is 0 Å². The van der Waals surface area contributed by atoms with Crippen LogP contribution in [0, 0.1) is 0 Å². The lowest BCUT2D eigenvalue weighted by Crippen LogP contribution is -2.16. The maximum Gasteiger partial charge on any atom is 0.153 e. The summed E-state index contributed by atoms with van der Waals surface area (Å²) in [5, 5.41) is 11.1. The van der Waals surface area contributed by atoms with Crippen molar-refractivity contribution >= 4 is 17.1 Å². The predicted octanol–water partition coefficient (Wildman–Crippen LogP) is 2.90. The highest BCUT2D eigenvalue weighted by Gasteiger charge is 2.22. The summed E-state index contributed by atoms with van der Waals surface area (Å²) in [5.74, 6) is 1.22. The van der Waals surface area contributed by atoms with Gasteiger partial charge in [0.05, 0.1) is 0 Å². The molecule has 0 spiro atoms. The van der Waals surface area contributed by atoms with Crippen molar-refractivity contribution in [1.29, 1.82) is 0 Å². The molecule has 0 amide bonds. The molecule has 0 radical (unpaired) electrons. The van der Waals surface area contributed by atoms with Gasteiger partial charge in [0, 0.05) is 5.69 Å². The Kier molecular flexibility index (Phi) is 1.78. The van der Waals surface area contributed by atoms with Crippen molar-refractivity contribution < 1.29 is 9.94 Å². The maximum absolute atomic E-state index is 10.0. The van der Waals surface area contributed by atoms with Gasteiger partial charge in [-0.25, -0.2) is 5.06 Å². The number of fused-ring (bicyclic) bond motifs is 2. The van der Waals surface area contributed by atoms with Crippen LogP contribution in [0.3, 0.4) is 0 Å². The van der Waals surface area contributed by atoms with Gasteiger partial charge in [-0.3, -0.25) is 5.21 Å². The monoisotopic (exact) mass is 214 g/mol. The fourth-order valence-electron chi connectivity index (χ4n) is 1.75. The summed E-state index contributed by atoms with van der Waals surface area (Å²) in [5.41, 5.74) is 7.42. The molecule has 0 unspecified atom stereocenters. The van der Waals surface area contributed by atoms with Crippen molar-refractivity contribution in [3.8, 4) is 11.5 Å². The van der Waals surface area contributed by atoms with Crippen LogP contribution in [-0.4, -0.2) is 5.21 Å². The first kappa shape index (κ1) is 9.06. The minimum absolute atomic E-state index is 0.554. The van der Waals surface area contributed by atoms with Crippen molar-refractivity contribution in [2.75, 3.05) is 10.8 Å². The number of ether oxygens (including phenoxy) is 1. The van der Waals surface area contributed by atoms with Gasteiger partial charge in [0.25, 0.3) is 0 Å². The predicted molar refractivity (Wildman–Crippen MR) is 61.3 cm³/mol. The zero-order chi connectivity index (χ0) is 11.1. The van der Waals surface area contributed by atoms with Gasteiger partial charge in [-0.05, 0) is 30.3 Å². The van der Waals surface area contributed by atoms with E-state index in [1.807, 2.05) is 12.1 Å². The highest BCUT2D eigenvalue weighted by Crippen LogP contribution is 2.45. The normalized spacial score (nSPS) is 12.7. The SMILES string of the molecule is Nc1ccc2c(c1)N(O)c1ccccc1O2. The van der Waals surface area contributed by atoms with Crippen molar-refractivity contribution in [2.24, 2.45) is 0 Å². The smallest absolute Gasteiger partial charge is 0.153 e. The van der Waals surface area contributed by atoms with Crippen molar-refractivity contribution in [2.45, 2.75) is 0 Å². The molecule has 3 rings (SSSR count). The van der Waals surface area contributed by atoms with Gasteiger partial charge in [0.15, 0.2) is 11.5 Å². The second kappa shape index (κ2) is 3.15. The van der Waals surface area contributed by atoms with Gasteiger partial charge in [-0.1, -0.05) is 12.1 Å². The summed E-state index contributed by atoms with van der Waals surface area (Å²) in [4.78, 5) is 0. The number of nitrogens with zero attached hydrogens (tertiary/aromatic N) is 1. The lowest BCUT2D eigenvalue weighted by molar-refractivity contribution is 0.285. The molecule has 2 aromatic carbocycles. The Morgan fingerprint density at radius 3 is 2.62 bits per heavy atom. The standard InChI is InChI=1S/C12H10N2O2/c13-8-5-6-12-10(7-8)14(15)9-3-1-2-4-11(9)16-12/h1-7,15H,13H2. The highest BCUT2D eigenvalue weighted by molar-refractivity contribution is 5.77. The van der Waals surface area contributed by atoms with E-state index in [0.717, 1.165) is 5.06 Å². The molecule has 0 fully saturated rings. The van der Waals surface area contributed by atoms with Crippen molar-refractivity contribution in [3.63, 3.8) is 0 Å². The van der Waals surface area contributed by atoms with E-state index < -0.39 is 0 Å². The van der Waals surface area contributed by atoms with Crippen LogP contribution in [0.5, 0.6) is 11.5 Å². The Labute approximate surface area is 92.4 Å². The topological polar surface area (TPSA) is 58.7 Å². The third kappa shape index (κ3) is 1.20. The number of rotatable bonds is 0. The van der Waals surface area contributed by atoms with Crippen LogP contribution in [0.4, 0.5) is 17.1 Å². The zero-order valence-electron chi connectivity index (χ0n) is 8.42. The van der Waals surface area contributed by atoms with Crippen LogP contribution >= 0.6 is 0 Å². The fourth-order valence-corrected chi connectivity index (χ4v) is 1.75. The quantitative estimate of drug-likeness (QED) is 0.662. The van der Waals surface area contributed by atoms with E-state index in [1.54, 1.807) is 30.3 Å². The van der Waals surface area contributed by atoms with E-state index in [0.29, 0.717) is 28.6 Å². The maximum atomic E-state index is 10.0. The van der Waals surface area contributed by atoms with Gasteiger partial charge >= 0.3 is 0 Å². The molecule has 0 atom stereocenters. The first-order valence-electron chi connectivity index (χ1n) is 4.91. The van der Waals surface area contributed by atoms with Crippen LogP contribution < -0.4 is 15.5 Å². The highest BCUT2D eigenvalue weighted by atomic mass is 16.5. The van der Waals surface area contributed by atoms with E-state index in [2.05, 4.69) is 0 Å². The van der Waals surface area contributed by atoms with Crippen molar-refractivity contribution in [3.05, 3.63) is 42.5 Å². The van der Waals surface area contributed by atoms with E-state index in [9.17, 15) is 5.21 Å². The van der Waals surface area contributed by atoms with E-state index in [1.165, 1.54) is 0 Å². The summed E-state index contributed by atoms with van der Waals surface area (Å²) in [7, 11) is 0. The summed E-state index contributed by atoms with van der Waals surface area (Å²) in [6, 6.07) is 12.4. The Morgan fingerprint density at radius 1 is 1.00 bits per heavy atom. The Balaban J connectivity index is 2.19. The molecule has 3 N–H and O–H groups in total. The molecule has 0 aromatic heterocycles. The summed E-state index contributed by atoms with van der Waals surface area (Å²) >= 11 is 0. The van der Waals surface area contributed by atoms with Gasteiger partial charge < -0.3 is 10.5 Å². The van der Waals surface area contributed by atoms with Gasteiger partial charge in [-0.15, -0.1) is 0 Å². The van der Waals surface area contributed by atoms with Crippen molar-refractivity contribution in [1.82, 2.24) is 0 Å². The second-order valence-corrected chi connectivity index (χ2v) is 3.61. The molecule has 1 heterocycles. The van der Waals surface area contributed by atoms with E-state index in [4.69, 9.17) is 10.5 Å². The molecule has 1 aliphatic rings. The fraction of sp³-hybridized carbons (Fsp3) is 0. The average molecular weight is 214 g/mol. The van der Waals surface area contributed by atoms with Gasteiger partial charge in [-0.2, -0.15) is 0 Å². The van der Waals surface area contributed by atoms with Crippen LogP contribution in [0.1, 0.15) is 0 Å². The van der Waals surface area contributed by atoms with Crippen LogP contribution in [-0.2, 0) is 0 Å². The molecule has 16 heavy (non-hydrogen) atoms. The Morgan fingerprint density at radius 2 is 1.75 bits per heavy atom. The minimum atomic E-state index is 0.554. The molecule has 0 saturated carbocycles. The van der Waals surface area contributed by atoms with Crippen LogP contribution in [0.25, 0.3) is 0 Å². The molecular formula is C12H10N2O2. The van der Waals surface area contributed by atoms with Crippen LogP contribution in [0.15, 0.2) is 42.5 Å². The number of anilines is 3. The molecule has 1 aliphatic heterocycles. The number of hydrogen-bond donors (Lipinski definition) is 2. The molecule has 80 valence electrons. The molecule has 4 nitrogen and oxygen atoms in total. The number of nitrogen functional groups attached to an aromatic ring is 1. The Bertz CT molecular complexity index is 554. The number of para-hydroxylation sites is 2. The molecule has 4 heteroatoms. The second-order valence-electron chi connectivity index (χ2n) is 3.61. The third-order valence-corrected chi connectivity index (χ3v) is 2.52. The Hall–Kier alpha value is -2.20. The first-order chi connectivity index (χ1) is 7.75. The molecule has 0 bridgehead atoms. The first-order valence-corrected chi connectivity index (χ1v) is 4.91. The number of benzene rings is 2. The number of hydrogen-bond acceptors (Lipinski definition) is 4. The summed E-state index contributed by atoms with van der Waals surface area (Å²) in [6.07, 6.45) is 0. The van der Waals surface area contributed by atoms with E-state index >= 15 is 0 Å². The molecule has 0 saturated heterocycles. The summed E-state index contributed by atoms with van der Waals surface area (Å²) in [6.45, 7) is 0. The lowest BCUT2D eigenvalue weighted by Gasteiger charge is -2.27. The zero-order valence-corrected chi connectivity index (χ0v) is 8.42. The van der Waals surface area contributed by atoms with Gasteiger partial charge in [0.2, 0.25) is 0 Å². The van der Waals surface area contributed by atoms with Gasteiger partial charge in [0.1, 0.15) is 11.4 Å². The minimum Gasteiger partial charge on any atom is -0.453 e. The lowest BCUT2D eigenvalue weighted by atomic mass is 10.2. The molecule has 2 aromatic rings. The third-order valence-electron chi connectivity index (χ3n) is 2.52. The molecule has 0 aliphatic carbocycles. The number of nitrogens with two attached hydrogens (primary N) is 1. The largest absolute Gasteiger partial charge is 0.453 e. The molecular weight excluding hydrogens is 204 g/mol. The van der Waals surface area contributed by atoms with E-state index in [-0.39, 0.29) is 0 Å². The average Bonchev–Trinajstić information content (AvgIpc) is 2.31.